The summed E-state index contributed by atoms with van der Waals surface area (Å²) in [4.78, 5) is 25.7. The number of H-pyrrole nitrogens is 1. The van der Waals surface area contributed by atoms with Gasteiger partial charge in [-0.3, -0.25) is 10.1 Å². The number of hydrogen-bond acceptors (Lipinski definition) is 2. The van der Waals surface area contributed by atoms with Gasteiger partial charge >= 0.3 is 6.03 Å². The first-order valence-electron chi connectivity index (χ1n) is 5.03. The average Bonchev–Trinajstić information content (AvgIpc) is 2.83. The number of hydrogen-bond donors (Lipinski definition) is 3. The zero-order chi connectivity index (χ0) is 12.0. The maximum absolute atomic E-state index is 11.6. The molecule has 1 fully saturated rings. The highest BCUT2D eigenvalue weighted by Crippen LogP contribution is 2.29. The van der Waals surface area contributed by atoms with Gasteiger partial charge in [-0.2, -0.15) is 0 Å². The molecule has 1 aromatic heterocycles. The van der Waals surface area contributed by atoms with Crippen molar-refractivity contribution in [2.24, 2.45) is 0 Å². The van der Waals surface area contributed by atoms with Crippen molar-refractivity contribution in [3.05, 3.63) is 35.0 Å². The Hall–Kier alpha value is -2.01. The molecule has 1 aliphatic heterocycles. The molecule has 1 aliphatic rings. The molecule has 3 rings (SSSR count). The monoisotopic (exact) mass is 249 g/mol. The minimum absolute atomic E-state index is 0.351. The predicted molar refractivity (Wildman–Crippen MR) is 62.7 cm³/mol. The Morgan fingerprint density at radius 2 is 2.06 bits per heavy atom. The topological polar surface area (TPSA) is 74.0 Å². The van der Waals surface area contributed by atoms with Gasteiger partial charge in [0.25, 0.3) is 5.91 Å². The fraction of sp³-hybridized carbons (Fsp3) is 0.0909. The number of rotatable bonds is 1. The standard InChI is InChI=1S/C11H8ClN3O2/c12-7-3-1-2-5-6(4-13-8(5)7)9-10(16)15-11(17)14-9/h1-4,9,13H,(H2,14,15,16,17)/t9-/m1/s1. The van der Waals surface area contributed by atoms with Gasteiger partial charge < -0.3 is 10.3 Å². The number of imide groups is 1. The Labute approximate surface area is 101 Å². The first-order valence-corrected chi connectivity index (χ1v) is 5.41. The number of halogens is 1. The quantitative estimate of drug-likeness (QED) is 0.673. The molecule has 0 spiro atoms. The van der Waals surface area contributed by atoms with E-state index in [2.05, 4.69) is 15.6 Å². The molecule has 1 saturated heterocycles. The second-order valence-corrected chi connectivity index (χ2v) is 4.21. The average molecular weight is 250 g/mol. The molecule has 17 heavy (non-hydrogen) atoms. The lowest BCUT2D eigenvalue weighted by molar-refractivity contribution is -0.120. The Bertz CT molecular complexity index is 635. The lowest BCUT2D eigenvalue weighted by Gasteiger charge is -2.05. The van der Waals surface area contributed by atoms with Crippen LogP contribution in [-0.4, -0.2) is 16.9 Å². The second-order valence-electron chi connectivity index (χ2n) is 3.80. The van der Waals surface area contributed by atoms with Crippen molar-refractivity contribution in [2.75, 3.05) is 0 Å². The molecule has 0 radical (unpaired) electrons. The first kappa shape index (κ1) is 10.2. The number of fused-ring (bicyclic) bond motifs is 1. The number of urea groups is 1. The molecule has 6 heteroatoms. The van der Waals surface area contributed by atoms with Gasteiger partial charge in [0, 0.05) is 17.1 Å². The molecule has 1 aromatic carbocycles. The summed E-state index contributed by atoms with van der Waals surface area (Å²) in [5.74, 6) is -0.351. The predicted octanol–water partition coefficient (Wildman–Crippen LogP) is 1.70. The summed E-state index contributed by atoms with van der Waals surface area (Å²) in [5.41, 5.74) is 1.48. The van der Waals surface area contributed by atoms with Gasteiger partial charge in [-0.1, -0.05) is 23.7 Å². The molecule has 2 heterocycles. The Kier molecular flexibility index (Phi) is 2.09. The molecule has 3 N–H and O–H groups in total. The van der Waals surface area contributed by atoms with Gasteiger partial charge in [-0.15, -0.1) is 0 Å². The van der Waals surface area contributed by atoms with E-state index in [-0.39, 0.29) is 5.91 Å². The van der Waals surface area contributed by atoms with Crippen molar-refractivity contribution in [3.8, 4) is 0 Å². The summed E-state index contributed by atoms with van der Waals surface area (Å²) in [6.45, 7) is 0. The van der Waals surface area contributed by atoms with E-state index in [1.54, 1.807) is 18.3 Å². The third-order valence-electron chi connectivity index (χ3n) is 2.78. The molecule has 0 unspecified atom stereocenters. The number of para-hydroxylation sites is 1. The van der Waals surface area contributed by atoms with Crippen LogP contribution in [0.2, 0.25) is 5.02 Å². The van der Waals surface area contributed by atoms with Crippen molar-refractivity contribution in [1.82, 2.24) is 15.6 Å². The summed E-state index contributed by atoms with van der Waals surface area (Å²) in [7, 11) is 0. The number of nitrogens with one attached hydrogen (secondary N) is 3. The third kappa shape index (κ3) is 1.47. The van der Waals surface area contributed by atoms with Crippen LogP contribution in [0.25, 0.3) is 10.9 Å². The molecular weight excluding hydrogens is 242 g/mol. The maximum atomic E-state index is 11.6. The van der Waals surface area contributed by atoms with Crippen LogP contribution in [0.4, 0.5) is 4.79 Å². The van der Waals surface area contributed by atoms with Gasteiger partial charge in [0.05, 0.1) is 10.5 Å². The third-order valence-corrected chi connectivity index (χ3v) is 3.10. The number of carbonyl (C=O) groups is 2. The van der Waals surface area contributed by atoms with E-state index in [4.69, 9.17) is 11.6 Å². The van der Waals surface area contributed by atoms with Crippen molar-refractivity contribution >= 4 is 34.4 Å². The Balaban J connectivity index is 2.16. The molecular formula is C11H8ClN3O2. The summed E-state index contributed by atoms with van der Waals surface area (Å²) in [6.07, 6.45) is 1.69. The molecule has 86 valence electrons. The van der Waals surface area contributed by atoms with Crippen molar-refractivity contribution in [2.45, 2.75) is 6.04 Å². The van der Waals surface area contributed by atoms with Gasteiger partial charge in [0.2, 0.25) is 0 Å². The molecule has 1 atom stereocenters. The fourth-order valence-electron chi connectivity index (χ4n) is 2.01. The van der Waals surface area contributed by atoms with Crippen LogP contribution < -0.4 is 10.6 Å². The fourth-order valence-corrected chi connectivity index (χ4v) is 2.24. The van der Waals surface area contributed by atoms with E-state index in [1.807, 2.05) is 6.07 Å². The number of carbonyl (C=O) groups excluding carboxylic acids is 2. The normalized spacial score (nSPS) is 19.5. The molecule has 0 bridgehead atoms. The summed E-state index contributed by atoms with van der Waals surface area (Å²) in [5, 5.41) is 6.17. The number of amides is 3. The van der Waals surface area contributed by atoms with E-state index in [1.165, 1.54) is 0 Å². The van der Waals surface area contributed by atoms with Crippen LogP contribution in [0, 0.1) is 0 Å². The van der Waals surface area contributed by atoms with E-state index in [0.717, 1.165) is 10.9 Å². The molecule has 0 aliphatic carbocycles. The van der Waals surface area contributed by atoms with Gasteiger partial charge in [-0.05, 0) is 6.07 Å². The minimum atomic E-state index is -0.658. The lowest BCUT2D eigenvalue weighted by atomic mass is 10.1. The summed E-state index contributed by atoms with van der Waals surface area (Å²) < 4.78 is 0. The maximum Gasteiger partial charge on any atom is 0.322 e. The van der Waals surface area contributed by atoms with Crippen LogP contribution >= 0.6 is 11.6 Å². The first-order chi connectivity index (χ1) is 8.16. The highest BCUT2D eigenvalue weighted by molar-refractivity contribution is 6.35. The van der Waals surface area contributed by atoms with E-state index in [9.17, 15) is 9.59 Å². The van der Waals surface area contributed by atoms with Crippen LogP contribution in [0.15, 0.2) is 24.4 Å². The van der Waals surface area contributed by atoms with Crippen LogP contribution in [-0.2, 0) is 4.79 Å². The molecule has 5 nitrogen and oxygen atoms in total. The van der Waals surface area contributed by atoms with E-state index < -0.39 is 12.1 Å². The minimum Gasteiger partial charge on any atom is -0.360 e. The zero-order valence-electron chi connectivity index (χ0n) is 8.58. The number of aromatic amines is 1. The van der Waals surface area contributed by atoms with E-state index >= 15 is 0 Å². The number of aromatic nitrogens is 1. The Morgan fingerprint density at radius 3 is 2.76 bits per heavy atom. The van der Waals surface area contributed by atoms with Gasteiger partial charge in [-0.25, -0.2) is 4.79 Å². The van der Waals surface area contributed by atoms with Crippen molar-refractivity contribution < 1.29 is 9.59 Å². The van der Waals surface area contributed by atoms with Crippen molar-refractivity contribution in [3.63, 3.8) is 0 Å². The summed E-state index contributed by atoms with van der Waals surface area (Å²) in [6, 6.07) is 4.28. The SMILES string of the molecule is O=C1NC(=O)[C@@H](c2c[nH]c3c(Cl)cccc23)N1. The summed E-state index contributed by atoms with van der Waals surface area (Å²) >= 11 is 6.02. The molecule has 2 aromatic rings. The molecule has 0 saturated carbocycles. The Morgan fingerprint density at radius 1 is 1.24 bits per heavy atom. The van der Waals surface area contributed by atoms with Crippen molar-refractivity contribution in [1.29, 1.82) is 0 Å². The second kappa shape index (κ2) is 3.49. The van der Waals surface area contributed by atoms with Crippen LogP contribution in [0.1, 0.15) is 11.6 Å². The molecule has 3 amide bonds. The van der Waals surface area contributed by atoms with Gasteiger partial charge in [0.1, 0.15) is 6.04 Å². The van der Waals surface area contributed by atoms with Crippen LogP contribution in [0.5, 0.6) is 0 Å². The van der Waals surface area contributed by atoms with Crippen LogP contribution in [0.3, 0.4) is 0 Å². The highest BCUT2D eigenvalue weighted by Gasteiger charge is 2.32. The lowest BCUT2D eigenvalue weighted by Crippen LogP contribution is -2.22. The number of benzene rings is 1. The highest BCUT2D eigenvalue weighted by atomic mass is 35.5. The zero-order valence-corrected chi connectivity index (χ0v) is 9.34. The van der Waals surface area contributed by atoms with Gasteiger partial charge in [0.15, 0.2) is 0 Å². The smallest absolute Gasteiger partial charge is 0.322 e. The van der Waals surface area contributed by atoms with E-state index in [0.29, 0.717) is 10.6 Å². The largest absolute Gasteiger partial charge is 0.360 e.